The Labute approximate surface area is 168 Å². The van der Waals surface area contributed by atoms with Gasteiger partial charge in [0.2, 0.25) is 0 Å². The van der Waals surface area contributed by atoms with Gasteiger partial charge < -0.3 is 13.3 Å². The lowest BCUT2D eigenvalue weighted by atomic mass is 9.94. The van der Waals surface area contributed by atoms with Crippen LogP contribution >= 0.6 is 0 Å². The van der Waals surface area contributed by atoms with E-state index in [0.29, 0.717) is 0 Å². The highest BCUT2D eigenvalue weighted by Gasteiger charge is 2.29. The van der Waals surface area contributed by atoms with Gasteiger partial charge in [0.1, 0.15) is 5.75 Å². The van der Waals surface area contributed by atoms with Gasteiger partial charge in [-0.1, -0.05) is 19.6 Å². The molecule has 0 spiro atoms. The molecule has 0 aliphatic rings. The smallest absolute Gasteiger partial charge is 0.374 e. The lowest BCUT2D eigenvalue weighted by molar-refractivity contribution is 0.0531. The van der Waals surface area contributed by atoms with Crippen LogP contribution in [-0.4, -0.2) is 42.6 Å². The fourth-order valence-corrected chi connectivity index (χ4v) is 7.41. The number of rotatable bonds is 9. The summed E-state index contributed by atoms with van der Waals surface area (Å²) in [7, 11) is 0.412. The Hall–Kier alpha value is -0.452. The van der Waals surface area contributed by atoms with Gasteiger partial charge in [0, 0.05) is 10.2 Å². The number of hydrogen-bond acceptors (Lipinski definition) is 3. The van der Waals surface area contributed by atoms with Crippen molar-refractivity contribution in [3.05, 3.63) is 34.9 Å². The lowest BCUT2D eigenvalue weighted by Gasteiger charge is -2.30. The van der Waals surface area contributed by atoms with E-state index in [0.717, 1.165) is 16.9 Å². The van der Waals surface area contributed by atoms with E-state index in [2.05, 4.69) is 82.9 Å². The van der Waals surface area contributed by atoms with Crippen LogP contribution in [0.1, 0.15) is 34.7 Å². The lowest BCUT2D eigenvalue weighted by Crippen LogP contribution is -2.44. The van der Waals surface area contributed by atoms with Crippen LogP contribution in [0.2, 0.25) is 39.3 Å². The first kappa shape index (κ1) is 23.6. The zero-order valence-corrected chi connectivity index (χ0v) is 21.7. The molecule has 0 aromatic heterocycles. The van der Waals surface area contributed by atoms with Crippen LogP contribution in [-0.2, 0) is 8.85 Å². The normalized spacial score (nSPS) is 13.8. The summed E-state index contributed by atoms with van der Waals surface area (Å²) in [4.78, 5) is 0. The van der Waals surface area contributed by atoms with Crippen molar-refractivity contribution in [1.82, 2.24) is 0 Å². The van der Waals surface area contributed by atoms with Crippen LogP contribution < -0.4 is 4.43 Å². The van der Waals surface area contributed by atoms with Crippen LogP contribution in [0, 0.1) is 13.8 Å². The molecule has 5 radical (unpaired) electrons. The van der Waals surface area contributed by atoms with Gasteiger partial charge in [-0.25, -0.2) is 0 Å². The van der Waals surface area contributed by atoms with Gasteiger partial charge in [0.05, 0.1) is 0 Å². The molecule has 0 amide bonds. The summed E-state index contributed by atoms with van der Waals surface area (Å²) in [6.07, 6.45) is 1.89. The predicted octanol–water partition coefficient (Wildman–Crippen LogP) is 5.16. The van der Waals surface area contributed by atoms with Gasteiger partial charge >= 0.3 is 9.76 Å². The highest BCUT2D eigenvalue weighted by atomic mass is 28.4. The average molecular weight is 422 g/mol. The van der Waals surface area contributed by atoms with Crippen molar-refractivity contribution in [3.8, 4) is 5.75 Å². The van der Waals surface area contributed by atoms with Crippen molar-refractivity contribution in [3.63, 3.8) is 0 Å². The first-order valence-electron chi connectivity index (χ1n) is 9.01. The Bertz CT molecular complexity index is 615. The Morgan fingerprint density at radius 2 is 1.54 bits per heavy atom. The van der Waals surface area contributed by atoms with E-state index in [4.69, 9.17) is 13.3 Å². The molecule has 1 atom stereocenters. The summed E-state index contributed by atoms with van der Waals surface area (Å²) in [6, 6.07) is 2.08. The van der Waals surface area contributed by atoms with E-state index in [1.54, 1.807) is 0 Å². The van der Waals surface area contributed by atoms with Crippen LogP contribution in [0.15, 0.2) is 12.6 Å². The molecular formula is C19H33O3Si4. The summed E-state index contributed by atoms with van der Waals surface area (Å²) in [5, 5.41) is 0. The molecule has 0 aliphatic carbocycles. The minimum atomic E-state index is -1.72. The predicted molar refractivity (Wildman–Crippen MR) is 119 cm³/mol. The van der Waals surface area contributed by atoms with Gasteiger partial charge in [-0.15, -0.1) is 0 Å². The molecule has 3 nitrogen and oxygen atoms in total. The van der Waals surface area contributed by atoms with Gasteiger partial charge in [-0.05, 0) is 87.0 Å². The molecule has 1 aromatic rings. The summed E-state index contributed by atoms with van der Waals surface area (Å²) >= 11 is 0. The standard InChI is InChI=1S/C19H33O3Si4/c1-11-16-12-17(13(2)14(3)18(16)15(4)23)20-24-19(21-25(5,6)7)22-26(8,9)10/h11-12,15,19H,1H2,2-10H3. The molecule has 1 rings (SSSR count). The SMILES string of the molecule is C=Cc1cc(O[Si]C(O[Si](C)(C)C)O[Si](C)(C)C)c(C)c(C)c1C(C)[Si]. The Morgan fingerprint density at radius 1 is 1.04 bits per heavy atom. The first-order valence-corrected chi connectivity index (χ1v) is 17.4. The minimum absolute atomic E-state index is 0.108. The van der Waals surface area contributed by atoms with Crippen LogP contribution in [0.5, 0.6) is 5.75 Å². The summed E-state index contributed by atoms with van der Waals surface area (Å²) in [5.74, 6) is 0.588. The van der Waals surface area contributed by atoms with Crippen molar-refractivity contribution < 1.29 is 13.3 Å². The highest BCUT2D eigenvalue weighted by Crippen LogP contribution is 2.32. The van der Waals surface area contributed by atoms with Gasteiger partial charge in [-0.3, -0.25) is 0 Å². The average Bonchev–Trinajstić information content (AvgIpc) is 2.44. The van der Waals surface area contributed by atoms with Crippen LogP contribution in [0.3, 0.4) is 0 Å². The number of hydrogen-bond donors (Lipinski definition) is 0. The summed E-state index contributed by atoms with van der Waals surface area (Å²) < 4.78 is 18.7. The van der Waals surface area contributed by atoms with E-state index >= 15 is 0 Å². The van der Waals surface area contributed by atoms with Crippen molar-refractivity contribution in [2.45, 2.75) is 71.5 Å². The van der Waals surface area contributed by atoms with Crippen molar-refractivity contribution in [2.75, 3.05) is 0 Å². The van der Waals surface area contributed by atoms with E-state index in [9.17, 15) is 0 Å². The second kappa shape index (κ2) is 9.16. The zero-order valence-electron chi connectivity index (χ0n) is 17.7. The Kier molecular flexibility index (Phi) is 8.31. The maximum absolute atomic E-state index is 6.24. The van der Waals surface area contributed by atoms with E-state index < -0.39 is 16.6 Å². The van der Waals surface area contributed by atoms with Gasteiger partial charge in [0.25, 0.3) is 0 Å². The fourth-order valence-electron chi connectivity index (χ4n) is 2.61. The molecule has 1 unspecified atom stereocenters. The molecule has 0 bridgehead atoms. The zero-order chi connectivity index (χ0) is 20.3. The molecule has 0 heterocycles. The van der Waals surface area contributed by atoms with E-state index in [-0.39, 0.29) is 21.2 Å². The Balaban J connectivity index is 3.08. The Morgan fingerprint density at radius 3 is 1.92 bits per heavy atom. The van der Waals surface area contributed by atoms with Gasteiger partial charge in [-0.2, -0.15) is 0 Å². The van der Waals surface area contributed by atoms with E-state index in [1.807, 2.05) is 6.08 Å². The van der Waals surface area contributed by atoms with Crippen molar-refractivity contribution >= 4 is 42.7 Å². The minimum Gasteiger partial charge on any atom is -0.535 e. The second-order valence-electron chi connectivity index (χ2n) is 8.57. The van der Waals surface area contributed by atoms with Crippen LogP contribution in [0.4, 0.5) is 0 Å². The topological polar surface area (TPSA) is 27.7 Å². The molecule has 0 fully saturated rings. The fraction of sp³-hybridized carbons (Fsp3) is 0.579. The molecule has 1 aromatic carbocycles. The number of benzene rings is 1. The molecule has 0 saturated heterocycles. The first-order chi connectivity index (χ1) is 11.7. The molecule has 26 heavy (non-hydrogen) atoms. The molecule has 7 heteroatoms. The molecule has 143 valence electrons. The molecule has 0 N–H and O–H groups in total. The third kappa shape index (κ3) is 7.28. The van der Waals surface area contributed by atoms with Crippen molar-refractivity contribution in [1.29, 1.82) is 0 Å². The maximum Gasteiger partial charge on any atom is 0.374 e. The van der Waals surface area contributed by atoms with Crippen LogP contribution in [0.25, 0.3) is 6.08 Å². The maximum atomic E-state index is 6.24. The van der Waals surface area contributed by atoms with Crippen molar-refractivity contribution in [2.24, 2.45) is 0 Å². The van der Waals surface area contributed by atoms with E-state index in [1.165, 1.54) is 11.1 Å². The third-order valence-corrected chi connectivity index (χ3v) is 7.14. The summed E-state index contributed by atoms with van der Waals surface area (Å²) in [6.45, 7) is 23.4. The summed E-state index contributed by atoms with van der Waals surface area (Å²) in [5.41, 5.74) is 5.01. The molecular weight excluding hydrogens is 389 g/mol. The molecule has 0 aliphatic heterocycles. The molecule has 0 saturated carbocycles. The largest absolute Gasteiger partial charge is 0.535 e. The third-order valence-electron chi connectivity index (χ3n) is 3.77. The quantitative estimate of drug-likeness (QED) is 0.407. The second-order valence-corrected chi connectivity index (χ2v) is 19.3. The monoisotopic (exact) mass is 421 g/mol. The highest BCUT2D eigenvalue weighted by molar-refractivity contribution is 6.71. The van der Waals surface area contributed by atoms with Gasteiger partial charge in [0.15, 0.2) is 22.5 Å².